The summed E-state index contributed by atoms with van der Waals surface area (Å²) >= 11 is 2.12. The molecule has 1 N–H and O–H groups in total. The smallest absolute Gasteiger partial charge is 0.0170 e. The Morgan fingerprint density at radius 1 is 1.29 bits per heavy atom. The van der Waals surface area contributed by atoms with Gasteiger partial charge < -0.3 is 10.2 Å². The fraction of sp³-hybridized carbons (Fsp3) is 1.00. The molecule has 0 aromatic heterocycles. The standard InChI is InChI=1S/C14H28N2S/c1-2-5-14-6-3-4-9-16(14)10-7-13-12-17-11-8-15-13/h13-15H,2-12H2,1H3. The number of piperidine rings is 1. The first-order valence-corrected chi connectivity index (χ1v) is 8.61. The Hall–Kier alpha value is 0.270. The van der Waals surface area contributed by atoms with Crippen LogP contribution in [0.4, 0.5) is 0 Å². The first-order valence-electron chi connectivity index (χ1n) is 7.45. The molecule has 0 aliphatic carbocycles. The van der Waals surface area contributed by atoms with E-state index in [1.54, 1.807) is 0 Å². The van der Waals surface area contributed by atoms with E-state index in [4.69, 9.17) is 0 Å². The summed E-state index contributed by atoms with van der Waals surface area (Å²) < 4.78 is 0. The Morgan fingerprint density at radius 2 is 2.24 bits per heavy atom. The van der Waals surface area contributed by atoms with Crippen LogP contribution in [-0.4, -0.2) is 48.1 Å². The summed E-state index contributed by atoms with van der Waals surface area (Å²) in [6, 6.07) is 1.67. The van der Waals surface area contributed by atoms with Crippen LogP contribution in [0.1, 0.15) is 45.4 Å². The van der Waals surface area contributed by atoms with Crippen molar-refractivity contribution in [3.8, 4) is 0 Å². The van der Waals surface area contributed by atoms with Crippen molar-refractivity contribution in [3.63, 3.8) is 0 Å². The van der Waals surface area contributed by atoms with E-state index in [1.807, 2.05) is 0 Å². The fourth-order valence-corrected chi connectivity index (χ4v) is 4.14. The highest BCUT2D eigenvalue weighted by Crippen LogP contribution is 2.21. The molecule has 3 heteroatoms. The van der Waals surface area contributed by atoms with Crippen LogP contribution in [0.2, 0.25) is 0 Å². The van der Waals surface area contributed by atoms with Crippen LogP contribution in [0.5, 0.6) is 0 Å². The molecule has 100 valence electrons. The largest absolute Gasteiger partial charge is 0.312 e. The van der Waals surface area contributed by atoms with Crippen molar-refractivity contribution in [1.29, 1.82) is 0 Å². The average molecular weight is 256 g/mol. The van der Waals surface area contributed by atoms with Crippen molar-refractivity contribution in [3.05, 3.63) is 0 Å². The normalized spacial score (nSPS) is 31.6. The van der Waals surface area contributed by atoms with Gasteiger partial charge in [0.25, 0.3) is 0 Å². The lowest BCUT2D eigenvalue weighted by atomic mass is 9.97. The Balaban J connectivity index is 1.71. The van der Waals surface area contributed by atoms with Crippen LogP contribution in [0.25, 0.3) is 0 Å². The molecule has 0 radical (unpaired) electrons. The summed E-state index contributed by atoms with van der Waals surface area (Å²) in [6.45, 7) is 6.22. The molecular weight excluding hydrogens is 228 g/mol. The monoisotopic (exact) mass is 256 g/mol. The van der Waals surface area contributed by atoms with Crippen LogP contribution < -0.4 is 5.32 Å². The van der Waals surface area contributed by atoms with E-state index in [0.29, 0.717) is 0 Å². The van der Waals surface area contributed by atoms with Gasteiger partial charge in [-0.1, -0.05) is 19.8 Å². The zero-order chi connectivity index (χ0) is 11.9. The molecule has 17 heavy (non-hydrogen) atoms. The van der Waals surface area contributed by atoms with Gasteiger partial charge in [-0.25, -0.2) is 0 Å². The maximum absolute atomic E-state index is 3.66. The number of rotatable bonds is 5. The van der Waals surface area contributed by atoms with Gasteiger partial charge in [0, 0.05) is 30.1 Å². The number of likely N-dealkylation sites (tertiary alicyclic amines) is 1. The summed E-state index contributed by atoms with van der Waals surface area (Å²) in [7, 11) is 0. The van der Waals surface area contributed by atoms with E-state index < -0.39 is 0 Å². The summed E-state index contributed by atoms with van der Waals surface area (Å²) in [4.78, 5) is 2.77. The van der Waals surface area contributed by atoms with Crippen molar-refractivity contribution in [2.45, 2.75) is 57.5 Å². The SMILES string of the molecule is CCCC1CCCCN1CCC1CSCCN1. The van der Waals surface area contributed by atoms with Crippen LogP contribution >= 0.6 is 11.8 Å². The van der Waals surface area contributed by atoms with Crippen molar-refractivity contribution < 1.29 is 0 Å². The molecule has 2 aliphatic heterocycles. The van der Waals surface area contributed by atoms with Crippen LogP contribution in [-0.2, 0) is 0 Å². The molecule has 2 heterocycles. The molecule has 0 saturated carbocycles. The van der Waals surface area contributed by atoms with Crippen LogP contribution in [0.3, 0.4) is 0 Å². The van der Waals surface area contributed by atoms with Gasteiger partial charge in [0.05, 0.1) is 0 Å². The van der Waals surface area contributed by atoms with Gasteiger partial charge >= 0.3 is 0 Å². The minimum atomic E-state index is 0.776. The number of thioether (sulfide) groups is 1. The molecule has 2 fully saturated rings. The molecule has 0 aromatic rings. The van der Waals surface area contributed by atoms with E-state index in [-0.39, 0.29) is 0 Å². The molecule has 2 aliphatic rings. The van der Waals surface area contributed by atoms with Crippen molar-refractivity contribution >= 4 is 11.8 Å². The lowest BCUT2D eigenvalue weighted by Crippen LogP contribution is -2.44. The molecule has 0 bridgehead atoms. The van der Waals surface area contributed by atoms with Crippen LogP contribution in [0, 0.1) is 0 Å². The second-order valence-electron chi connectivity index (χ2n) is 5.49. The highest BCUT2D eigenvalue weighted by molar-refractivity contribution is 7.99. The lowest BCUT2D eigenvalue weighted by molar-refractivity contribution is 0.134. The van der Waals surface area contributed by atoms with Gasteiger partial charge in [-0.3, -0.25) is 0 Å². The maximum Gasteiger partial charge on any atom is 0.0170 e. The molecule has 0 spiro atoms. The molecule has 2 rings (SSSR count). The number of nitrogens with one attached hydrogen (secondary N) is 1. The Bertz CT molecular complexity index is 202. The van der Waals surface area contributed by atoms with Gasteiger partial charge in [0.1, 0.15) is 0 Å². The van der Waals surface area contributed by atoms with Gasteiger partial charge in [-0.2, -0.15) is 11.8 Å². The molecule has 2 atom stereocenters. The minimum absolute atomic E-state index is 0.776. The fourth-order valence-electron chi connectivity index (χ4n) is 3.14. The number of hydrogen-bond acceptors (Lipinski definition) is 3. The second-order valence-corrected chi connectivity index (χ2v) is 6.64. The predicted molar refractivity (Wildman–Crippen MR) is 77.9 cm³/mol. The van der Waals surface area contributed by atoms with Crippen molar-refractivity contribution in [1.82, 2.24) is 10.2 Å². The van der Waals surface area contributed by atoms with Crippen molar-refractivity contribution in [2.75, 3.05) is 31.1 Å². The van der Waals surface area contributed by atoms with Crippen molar-refractivity contribution in [2.24, 2.45) is 0 Å². The van der Waals surface area contributed by atoms with Gasteiger partial charge in [-0.05, 0) is 38.8 Å². The van der Waals surface area contributed by atoms with E-state index in [1.165, 1.54) is 69.7 Å². The number of nitrogens with zero attached hydrogens (tertiary/aromatic N) is 1. The van der Waals surface area contributed by atoms with Gasteiger partial charge in [-0.15, -0.1) is 0 Å². The first-order chi connectivity index (χ1) is 8.40. The summed E-state index contributed by atoms with van der Waals surface area (Å²) in [5.74, 6) is 2.63. The zero-order valence-corrected chi connectivity index (χ0v) is 12.1. The quantitative estimate of drug-likeness (QED) is 0.814. The Kier molecular flexibility index (Phi) is 6.16. The average Bonchev–Trinajstić information content (AvgIpc) is 2.39. The molecule has 0 aromatic carbocycles. The third-order valence-electron chi connectivity index (χ3n) is 4.13. The maximum atomic E-state index is 3.66. The summed E-state index contributed by atoms with van der Waals surface area (Å²) in [5, 5.41) is 3.66. The predicted octanol–water partition coefficient (Wildman–Crippen LogP) is 2.74. The minimum Gasteiger partial charge on any atom is -0.312 e. The molecule has 2 nitrogen and oxygen atoms in total. The highest BCUT2D eigenvalue weighted by atomic mass is 32.2. The highest BCUT2D eigenvalue weighted by Gasteiger charge is 2.22. The molecule has 2 unspecified atom stereocenters. The zero-order valence-electron chi connectivity index (χ0n) is 11.3. The van der Waals surface area contributed by atoms with Gasteiger partial charge in [0.2, 0.25) is 0 Å². The second kappa shape index (κ2) is 7.65. The third-order valence-corrected chi connectivity index (χ3v) is 5.27. The van der Waals surface area contributed by atoms with E-state index in [0.717, 1.165) is 12.1 Å². The molecule has 0 amide bonds. The first kappa shape index (κ1) is 13.7. The number of hydrogen-bond donors (Lipinski definition) is 1. The lowest BCUT2D eigenvalue weighted by Gasteiger charge is -2.37. The summed E-state index contributed by atoms with van der Waals surface area (Å²) in [5.41, 5.74) is 0. The van der Waals surface area contributed by atoms with Crippen LogP contribution in [0.15, 0.2) is 0 Å². The van der Waals surface area contributed by atoms with E-state index in [2.05, 4.69) is 28.9 Å². The molecule has 2 saturated heterocycles. The van der Waals surface area contributed by atoms with E-state index >= 15 is 0 Å². The van der Waals surface area contributed by atoms with Gasteiger partial charge in [0.15, 0.2) is 0 Å². The molecular formula is C14H28N2S. The summed E-state index contributed by atoms with van der Waals surface area (Å²) in [6.07, 6.45) is 8.44. The third kappa shape index (κ3) is 4.46. The topological polar surface area (TPSA) is 15.3 Å². The van der Waals surface area contributed by atoms with E-state index in [9.17, 15) is 0 Å². The Labute approximate surface area is 111 Å². The Morgan fingerprint density at radius 3 is 3.00 bits per heavy atom.